The summed E-state index contributed by atoms with van der Waals surface area (Å²) in [4.78, 5) is 17.4. The third kappa shape index (κ3) is 3.36. The van der Waals surface area contributed by atoms with E-state index in [1.807, 2.05) is 68.4 Å². The number of para-hydroxylation sites is 1. The summed E-state index contributed by atoms with van der Waals surface area (Å²) in [5, 5.41) is 8.40. The molecule has 0 saturated heterocycles. The lowest BCUT2D eigenvalue weighted by molar-refractivity contribution is 0.102. The zero-order valence-corrected chi connectivity index (χ0v) is 16.5. The van der Waals surface area contributed by atoms with E-state index < -0.39 is 0 Å². The van der Waals surface area contributed by atoms with Gasteiger partial charge in [-0.05, 0) is 55.8 Å². The summed E-state index contributed by atoms with van der Waals surface area (Å²) in [6.07, 6.45) is 1.58. The Morgan fingerprint density at radius 1 is 1.07 bits per heavy atom. The predicted molar refractivity (Wildman–Crippen MR) is 110 cm³/mol. The summed E-state index contributed by atoms with van der Waals surface area (Å²) in [7, 11) is 0. The van der Waals surface area contributed by atoms with Crippen LogP contribution in [0, 0.1) is 13.8 Å². The minimum Gasteiger partial charge on any atom is -0.322 e. The van der Waals surface area contributed by atoms with E-state index in [-0.39, 0.29) is 5.91 Å². The molecule has 2 heterocycles. The predicted octanol–water partition coefficient (Wildman–Crippen LogP) is 5.05. The second-order valence-corrected chi connectivity index (χ2v) is 7.25. The molecule has 0 bridgehead atoms. The second kappa shape index (κ2) is 6.96. The number of halogens is 1. The Morgan fingerprint density at radius 3 is 2.70 bits per heavy atom. The third-order valence-electron chi connectivity index (χ3n) is 4.49. The summed E-state index contributed by atoms with van der Waals surface area (Å²) in [5.41, 5.74) is 3.91. The van der Waals surface area contributed by atoms with E-state index in [4.69, 9.17) is 0 Å². The molecule has 0 radical (unpaired) electrons. The molecule has 2 aromatic heterocycles. The zero-order valence-electron chi connectivity index (χ0n) is 14.9. The highest BCUT2D eigenvalue weighted by Crippen LogP contribution is 2.22. The van der Waals surface area contributed by atoms with Gasteiger partial charge in [-0.1, -0.05) is 34.1 Å². The van der Waals surface area contributed by atoms with Crippen LogP contribution in [0.2, 0.25) is 0 Å². The van der Waals surface area contributed by atoms with Crippen molar-refractivity contribution in [1.82, 2.24) is 14.8 Å². The molecule has 2 aromatic carbocycles. The number of amides is 1. The zero-order chi connectivity index (χ0) is 19.0. The first-order chi connectivity index (χ1) is 13.0. The van der Waals surface area contributed by atoms with E-state index in [2.05, 4.69) is 31.3 Å². The van der Waals surface area contributed by atoms with Crippen LogP contribution in [0.1, 0.15) is 21.6 Å². The highest BCUT2D eigenvalue weighted by atomic mass is 79.9. The first-order valence-electron chi connectivity index (χ1n) is 8.51. The maximum Gasteiger partial charge on any atom is 0.259 e. The van der Waals surface area contributed by atoms with E-state index in [1.165, 1.54) is 0 Å². The molecule has 134 valence electrons. The fourth-order valence-electron chi connectivity index (χ4n) is 2.99. The molecular formula is C21H17BrN4O. The number of benzene rings is 2. The molecule has 0 aliphatic rings. The average Bonchev–Trinajstić information content (AvgIpc) is 3.05. The Kier molecular flexibility index (Phi) is 4.49. The molecule has 0 saturated carbocycles. The third-order valence-corrected chi connectivity index (χ3v) is 4.99. The van der Waals surface area contributed by atoms with E-state index >= 15 is 0 Å². The van der Waals surface area contributed by atoms with Gasteiger partial charge in [-0.15, -0.1) is 0 Å². The Balaban J connectivity index is 1.65. The van der Waals surface area contributed by atoms with Crippen LogP contribution in [-0.4, -0.2) is 20.7 Å². The molecule has 4 rings (SSSR count). The van der Waals surface area contributed by atoms with Gasteiger partial charge in [-0.3, -0.25) is 4.79 Å². The minimum atomic E-state index is -0.190. The first-order valence-corrected chi connectivity index (χ1v) is 9.30. The largest absolute Gasteiger partial charge is 0.322 e. The van der Waals surface area contributed by atoms with E-state index in [0.29, 0.717) is 11.4 Å². The van der Waals surface area contributed by atoms with Crippen LogP contribution >= 0.6 is 15.9 Å². The second-order valence-electron chi connectivity index (χ2n) is 6.33. The summed E-state index contributed by atoms with van der Waals surface area (Å²) in [5.74, 6) is 0.495. The van der Waals surface area contributed by atoms with Crippen molar-refractivity contribution in [3.63, 3.8) is 0 Å². The van der Waals surface area contributed by atoms with Gasteiger partial charge in [0.25, 0.3) is 5.91 Å². The lowest BCUT2D eigenvalue weighted by Gasteiger charge is -2.09. The molecule has 6 heteroatoms. The number of anilines is 1. The van der Waals surface area contributed by atoms with Crippen molar-refractivity contribution in [2.45, 2.75) is 13.8 Å². The SMILES string of the molecule is Cc1cc(Br)ccc1NC(=O)c1cnn(-c2ccc3ccccc3n2)c1C. The van der Waals surface area contributed by atoms with Gasteiger partial charge < -0.3 is 5.32 Å². The van der Waals surface area contributed by atoms with Gasteiger partial charge in [0, 0.05) is 15.5 Å². The van der Waals surface area contributed by atoms with Crippen LogP contribution < -0.4 is 5.32 Å². The van der Waals surface area contributed by atoms with Crippen molar-refractivity contribution in [1.29, 1.82) is 0 Å². The molecule has 0 unspecified atom stereocenters. The quantitative estimate of drug-likeness (QED) is 0.504. The number of aromatic nitrogens is 3. The number of hydrogen-bond donors (Lipinski definition) is 1. The Labute approximate surface area is 165 Å². The van der Waals surface area contributed by atoms with Crippen LogP contribution in [0.25, 0.3) is 16.7 Å². The molecule has 0 aliphatic carbocycles. The molecule has 27 heavy (non-hydrogen) atoms. The molecule has 0 fully saturated rings. The number of pyridine rings is 1. The van der Waals surface area contributed by atoms with Crippen LogP contribution in [0.5, 0.6) is 0 Å². The van der Waals surface area contributed by atoms with Gasteiger partial charge >= 0.3 is 0 Å². The van der Waals surface area contributed by atoms with Gasteiger partial charge in [-0.25, -0.2) is 9.67 Å². The van der Waals surface area contributed by atoms with Crippen LogP contribution in [0.15, 0.2) is 65.3 Å². The topological polar surface area (TPSA) is 59.8 Å². The highest BCUT2D eigenvalue weighted by molar-refractivity contribution is 9.10. The molecule has 0 atom stereocenters. The van der Waals surface area contributed by atoms with Gasteiger partial charge in [0.2, 0.25) is 0 Å². The monoisotopic (exact) mass is 420 g/mol. The van der Waals surface area contributed by atoms with Crippen molar-refractivity contribution in [3.05, 3.63) is 82.1 Å². The van der Waals surface area contributed by atoms with Crippen molar-refractivity contribution in [2.24, 2.45) is 0 Å². The maximum absolute atomic E-state index is 12.7. The molecule has 4 aromatic rings. The van der Waals surface area contributed by atoms with Crippen LogP contribution in [-0.2, 0) is 0 Å². The number of rotatable bonds is 3. The van der Waals surface area contributed by atoms with E-state index in [9.17, 15) is 4.79 Å². The molecule has 1 N–H and O–H groups in total. The standard InChI is InChI=1S/C21H17BrN4O/c1-13-11-16(22)8-9-18(13)25-21(27)17-12-23-26(14(17)2)20-10-7-15-5-3-4-6-19(15)24-20/h3-12H,1-2H3,(H,25,27). The lowest BCUT2D eigenvalue weighted by atomic mass is 10.2. The van der Waals surface area contributed by atoms with Gasteiger partial charge in [0.05, 0.1) is 23.0 Å². The summed E-state index contributed by atoms with van der Waals surface area (Å²) in [6.45, 7) is 3.82. The highest BCUT2D eigenvalue weighted by Gasteiger charge is 2.17. The van der Waals surface area contributed by atoms with Gasteiger partial charge in [-0.2, -0.15) is 5.10 Å². The van der Waals surface area contributed by atoms with Crippen molar-refractivity contribution < 1.29 is 4.79 Å². The van der Waals surface area contributed by atoms with E-state index in [1.54, 1.807) is 10.9 Å². The number of fused-ring (bicyclic) bond motifs is 1. The maximum atomic E-state index is 12.7. The molecular weight excluding hydrogens is 404 g/mol. The first kappa shape index (κ1) is 17.4. The van der Waals surface area contributed by atoms with Crippen molar-refractivity contribution in [2.75, 3.05) is 5.32 Å². The van der Waals surface area contributed by atoms with Gasteiger partial charge in [0.1, 0.15) is 0 Å². The minimum absolute atomic E-state index is 0.190. The van der Waals surface area contributed by atoms with Crippen LogP contribution in [0.4, 0.5) is 5.69 Å². The number of carbonyl (C=O) groups is 1. The average molecular weight is 421 g/mol. The molecule has 5 nitrogen and oxygen atoms in total. The smallest absolute Gasteiger partial charge is 0.259 e. The van der Waals surface area contributed by atoms with Gasteiger partial charge in [0.15, 0.2) is 5.82 Å². The Bertz CT molecular complexity index is 1170. The summed E-state index contributed by atoms with van der Waals surface area (Å²) >= 11 is 3.43. The molecule has 0 aliphatic heterocycles. The summed E-state index contributed by atoms with van der Waals surface area (Å²) in [6, 6.07) is 17.6. The number of nitrogens with zero attached hydrogens (tertiary/aromatic N) is 3. The fraction of sp³-hybridized carbons (Fsp3) is 0.0952. The van der Waals surface area contributed by atoms with E-state index in [0.717, 1.165) is 32.3 Å². The number of nitrogens with one attached hydrogen (secondary N) is 1. The number of hydrogen-bond acceptors (Lipinski definition) is 3. The van der Waals surface area contributed by atoms with Crippen molar-refractivity contribution in [3.8, 4) is 5.82 Å². The fourth-order valence-corrected chi connectivity index (χ4v) is 3.47. The number of aryl methyl sites for hydroxylation is 1. The van der Waals surface area contributed by atoms with Crippen molar-refractivity contribution >= 4 is 38.4 Å². The van der Waals surface area contributed by atoms with Crippen LogP contribution in [0.3, 0.4) is 0 Å². The molecule has 0 spiro atoms. The molecule has 1 amide bonds. The summed E-state index contributed by atoms with van der Waals surface area (Å²) < 4.78 is 2.67. The Hall–Kier alpha value is -2.99. The Morgan fingerprint density at radius 2 is 1.89 bits per heavy atom. The number of carbonyl (C=O) groups excluding carboxylic acids is 1. The lowest BCUT2D eigenvalue weighted by Crippen LogP contribution is -2.14. The normalized spacial score (nSPS) is 10.9.